The van der Waals surface area contributed by atoms with Crippen molar-refractivity contribution in [3.63, 3.8) is 0 Å². The molecule has 0 spiro atoms. The highest BCUT2D eigenvalue weighted by Crippen LogP contribution is 2.22. The van der Waals surface area contributed by atoms with E-state index in [4.69, 9.17) is 5.73 Å². The molecule has 1 saturated heterocycles. The van der Waals surface area contributed by atoms with Gasteiger partial charge >= 0.3 is 0 Å². The standard InChI is InChI=1S/C19H26N6O2.ClH/c1-14-10-15(25-13-21-12-23-25)5-6-17(14)19(27)24-9-3-2-4-16(24)11-22-18(26)7-8-20;/h5-6,10,12-13,16H,2-4,7-9,11,20H2,1H3,(H,22,26);1H. The van der Waals surface area contributed by atoms with Crippen LogP contribution in [-0.4, -0.2) is 57.2 Å². The molecular weight excluding hydrogens is 380 g/mol. The molecule has 1 aromatic heterocycles. The molecular formula is C19H27ClN6O2. The Morgan fingerprint density at radius 2 is 2.14 bits per heavy atom. The molecule has 3 N–H and O–H groups in total. The summed E-state index contributed by atoms with van der Waals surface area (Å²) in [5, 5.41) is 7.02. The zero-order valence-electron chi connectivity index (χ0n) is 16.0. The third kappa shape index (κ3) is 5.08. The maximum Gasteiger partial charge on any atom is 0.254 e. The number of nitrogens with zero attached hydrogens (tertiary/aromatic N) is 4. The molecule has 0 radical (unpaired) electrons. The average molecular weight is 407 g/mol. The molecule has 1 unspecified atom stereocenters. The number of likely N-dealkylation sites (tertiary alicyclic amines) is 1. The zero-order chi connectivity index (χ0) is 19.2. The summed E-state index contributed by atoms with van der Waals surface area (Å²) in [5.74, 6) is -0.0562. The lowest BCUT2D eigenvalue weighted by atomic mass is 9.99. The van der Waals surface area contributed by atoms with Gasteiger partial charge in [-0.1, -0.05) is 0 Å². The van der Waals surface area contributed by atoms with Gasteiger partial charge in [0.15, 0.2) is 0 Å². The lowest BCUT2D eigenvalue weighted by Gasteiger charge is -2.36. The van der Waals surface area contributed by atoms with E-state index in [0.717, 1.165) is 30.5 Å². The predicted octanol–water partition coefficient (Wildman–Crippen LogP) is 1.46. The van der Waals surface area contributed by atoms with Crippen LogP contribution in [0.1, 0.15) is 41.6 Å². The molecule has 3 rings (SSSR count). The predicted molar refractivity (Wildman–Crippen MR) is 109 cm³/mol. The number of benzene rings is 1. The number of aryl methyl sites for hydroxylation is 1. The summed E-state index contributed by atoms with van der Waals surface area (Å²) in [6, 6.07) is 5.66. The molecule has 2 heterocycles. The molecule has 0 saturated carbocycles. The van der Waals surface area contributed by atoms with E-state index in [1.54, 1.807) is 11.0 Å². The van der Waals surface area contributed by atoms with Crippen molar-refractivity contribution in [1.82, 2.24) is 25.0 Å². The van der Waals surface area contributed by atoms with E-state index in [1.807, 2.05) is 30.0 Å². The number of hydrogen-bond acceptors (Lipinski definition) is 5. The molecule has 2 aromatic rings. The third-order valence-electron chi connectivity index (χ3n) is 4.92. The molecule has 1 aromatic carbocycles. The molecule has 2 amide bonds. The summed E-state index contributed by atoms with van der Waals surface area (Å²) < 4.78 is 1.66. The molecule has 0 aliphatic carbocycles. The van der Waals surface area contributed by atoms with Crippen molar-refractivity contribution < 1.29 is 9.59 Å². The Hall–Kier alpha value is -2.45. The Morgan fingerprint density at radius 3 is 2.82 bits per heavy atom. The van der Waals surface area contributed by atoms with Gasteiger partial charge in [-0.3, -0.25) is 9.59 Å². The van der Waals surface area contributed by atoms with Crippen LogP contribution in [0.5, 0.6) is 0 Å². The smallest absolute Gasteiger partial charge is 0.254 e. The second-order valence-electron chi connectivity index (χ2n) is 6.83. The number of hydrogen-bond donors (Lipinski definition) is 2. The minimum atomic E-state index is -0.0659. The summed E-state index contributed by atoms with van der Waals surface area (Å²) in [7, 11) is 0. The second kappa shape index (κ2) is 10.2. The maximum atomic E-state index is 13.2. The SMILES string of the molecule is Cc1cc(-n2cncn2)ccc1C(=O)N1CCCCC1CNC(=O)CCN.Cl. The number of carbonyl (C=O) groups is 2. The molecule has 9 heteroatoms. The van der Waals surface area contributed by atoms with Crippen LogP contribution in [0.15, 0.2) is 30.9 Å². The molecule has 1 atom stereocenters. The minimum Gasteiger partial charge on any atom is -0.354 e. The first kappa shape index (κ1) is 21.8. The van der Waals surface area contributed by atoms with Crippen molar-refractivity contribution in [3.8, 4) is 5.69 Å². The van der Waals surface area contributed by atoms with Crippen molar-refractivity contribution in [2.24, 2.45) is 5.73 Å². The number of carbonyl (C=O) groups excluding carboxylic acids is 2. The van der Waals surface area contributed by atoms with E-state index in [9.17, 15) is 9.59 Å². The van der Waals surface area contributed by atoms with Gasteiger partial charge in [-0.25, -0.2) is 9.67 Å². The summed E-state index contributed by atoms with van der Waals surface area (Å²) in [6.07, 6.45) is 6.35. The van der Waals surface area contributed by atoms with Crippen LogP contribution in [0.2, 0.25) is 0 Å². The largest absolute Gasteiger partial charge is 0.354 e. The lowest BCUT2D eigenvalue weighted by molar-refractivity contribution is -0.121. The fourth-order valence-electron chi connectivity index (χ4n) is 3.46. The van der Waals surface area contributed by atoms with Gasteiger partial charge in [-0.15, -0.1) is 12.4 Å². The van der Waals surface area contributed by atoms with Gasteiger partial charge < -0.3 is 16.0 Å². The van der Waals surface area contributed by atoms with Crippen LogP contribution in [0.4, 0.5) is 0 Å². The Labute approximate surface area is 170 Å². The van der Waals surface area contributed by atoms with Crippen LogP contribution in [0, 0.1) is 6.92 Å². The average Bonchev–Trinajstić information content (AvgIpc) is 3.21. The van der Waals surface area contributed by atoms with Gasteiger partial charge in [-0.05, 0) is 49.9 Å². The molecule has 8 nitrogen and oxygen atoms in total. The summed E-state index contributed by atoms with van der Waals surface area (Å²) in [5.41, 5.74) is 7.86. The number of amides is 2. The van der Waals surface area contributed by atoms with E-state index in [-0.39, 0.29) is 30.3 Å². The number of aromatic nitrogens is 3. The van der Waals surface area contributed by atoms with Gasteiger partial charge in [0.05, 0.1) is 5.69 Å². The maximum absolute atomic E-state index is 13.2. The quantitative estimate of drug-likeness (QED) is 0.755. The van der Waals surface area contributed by atoms with Gasteiger partial charge in [-0.2, -0.15) is 5.10 Å². The highest BCUT2D eigenvalue weighted by atomic mass is 35.5. The van der Waals surface area contributed by atoms with Crippen molar-refractivity contribution >= 4 is 24.2 Å². The summed E-state index contributed by atoms with van der Waals surface area (Å²) in [6.45, 7) is 3.44. The van der Waals surface area contributed by atoms with Gasteiger partial charge in [0.1, 0.15) is 12.7 Å². The fourth-order valence-corrected chi connectivity index (χ4v) is 3.46. The highest BCUT2D eigenvalue weighted by molar-refractivity contribution is 5.96. The molecule has 1 aliphatic rings. The molecule has 1 aliphatic heterocycles. The molecule has 1 fully saturated rings. The highest BCUT2D eigenvalue weighted by Gasteiger charge is 2.28. The van der Waals surface area contributed by atoms with Crippen molar-refractivity contribution in [3.05, 3.63) is 42.0 Å². The fraction of sp³-hybridized carbons (Fsp3) is 0.474. The molecule has 152 valence electrons. The van der Waals surface area contributed by atoms with Crippen LogP contribution in [0.25, 0.3) is 5.69 Å². The minimum absolute atomic E-state index is 0. The second-order valence-corrected chi connectivity index (χ2v) is 6.83. The van der Waals surface area contributed by atoms with Crippen LogP contribution in [-0.2, 0) is 4.79 Å². The number of halogens is 1. The Balaban J connectivity index is 0.00000280. The monoisotopic (exact) mass is 406 g/mol. The van der Waals surface area contributed by atoms with Gasteiger partial charge in [0.25, 0.3) is 5.91 Å². The van der Waals surface area contributed by atoms with Crippen LogP contribution >= 0.6 is 12.4 Å². The van der Waals surface area contributed by atoms with Crippen molar-refractivity contribution in [1.29, 1.82) is 0 Å². The van der Waals surface area contributed by atoms with E-state index >= 15 is 0 Å². The van der Waals surface area contributed by atoms with Gasteiger partial charge in [0.2, 0.25) is 5.91 Å². The topological polar surface area (TPSA) is 106 Å². The zero-order valence-corrected chi connectivity index (χ0v) is 16.8. The number of rotatable bonds is 6. The summed E-state index contributed by atoms with van der Waals surface area (Å²) >= 11 is 0. The molecule has 28 heavy (non-hydrogen) atoms. The Kier molecular flexibility index (Phi) is 7.95. The lowest BCUT2D eigenvalue weighted by Crippen LogP contribution is -2.49. The molecule has 0 bridgehead atoms. The Bertz CT molecular complexity index is 796. The number of nitrogens with one attached hydrogen (secondary N) is 1. The van der Waals surface area contributed by atoms with E-state index in [2.05, 4.69) is 15.4 Å². The van der Waals surface area contributed by atoms with Crippen LogP contribution < -0.4 is 11.1 Å². The Morgan fingerprint density at radius 1 is 1.32 bits per heavy atom. The van der Waals surface area contributed by atoms with Crippen molar-refractivity contribution in [2.45, 2.75) is 38.6 Å². The van der Waals surface area contributed by atoms with E-state index < -0.39 is 0 Å². The van der Waals surface area contributed by atoms with Crippen molar-refractivity contribution in [2.75, 3.05) is 19.6 Å². The number of piperidine rings is 1. The van der Waals surface area contributed by atoms with E-state index in [0.29, 0.717) is 31.6 Å². The third-order valence-corrected chi connectivity index (χ3v) is 4.92. The normalized spacial score (nSPS) is 16.4. The number of nitrogens with two attached hydrogens (primary N) is 1. The van der Waals surface area contributed by atoms with Crippen LogP contribution in [0.3, 0.4) is 0 Å². The first-order valence-corrected chi connectivity index (χ1v) is 9.33. The van der Waals surface area contributed by atoms with E-state index in [1.165, 1.54) is 6.33 Å². The van der Waals surface area contributed by atoms with Gasteiger partial charge in [0, 0.05) is 37.7 Å². The summed E-state index contributed by atoms with van der Waals surface area (Å²) in [4.78, 5) is 30.7. The first-order valence-electron chi connectivity index (χ1n) is 9.33. The first-order chi connectivity index (χ1) is 13.1.